The normalized spacial score (nSPS) is 25.4. The Bertz CT molecular complexity index is 385. The van der Waals surface area contributed by atoms with Crippen LogP contribution in [0.1, 0.15) is 10.9 Å². The summed E-state index contributed by atoms with van der Waals surface area (Å²) in [6.07, 6.45) is 0. The van der Waals surface area contributed by atoms with Crippen LogP contribution in [0.4, 0.5) is 4.39 Å². The number of aliphatic carboxylic acids is 1. The van der Waals surface area contributed by atoms with Gasteiger partial charge in [-0.1, -0.05) is 18.2 Å². The Balaban J connectivity index is 2.14. The van der Waals surface area contributed by atoms with Crippen molar-refractivity contribution < 1.29 is 14.3 Å². The lowest BCUT2D eigenvalue weighted by Crippen LogP contribution is -2.33. The van der Waals surface area contributed by atoms with Crippen molar-refractivity contribution in [3.63, 3.8) is 0 Å². The quantitative estimate of drug-likeness (QED) is 0.806. The van der Waals surface area contributed by atoms with E-state index in [1.165, 1.54) is 17.8 Å². The minimum atomic E-state index is -0.888. The van der Waals surface area contributed by atoms with Crippen LogP contribution >= 0.6 is 11.8 Å². The first-order valence-corrected chi connectivity index (χ1v) is 5.58. The van der Waals surface area contributed by atoms with E-state index in [0.717, 1.165) is 0 Å². The number of benzene rings is 1. The van der Waals surface area contributed by atoms with E-state index < -0.39 is 12.0 Å². The second-order valence-electron chi connectivity index (χ2n) is 3.29. The SMILES string of the molecule is O=C(O)[C@H]1CSC(c2ccccc2F)N1. The predicted molar refractivity (Wildman–Crippen MR) is 56.2 cm³/mol. The number of carboxylic acid groups (broad SMARTS) is 1. The van der Waals surface area contributed by atoms with Gasteiger partial charge in [0.25, 0.3) is 0 Å². The fraction of sp³-hybridized carbons (Fsp3) is 0.300. The smallest absolute Gasteiger partial charge is 0.321 e. The van der Waals surface area contributed by atoms with E-state index in [9.17, 15) is 9.18 Å². The molecule has 0 radical (unpaired) electrons. The summed E-state index contributed by atoms with van der Waals surface area (Å²) in [6, 6.07) is 5.83. The Morgan fingerprint density at radius 2 is 2.27 bits per heavy atom. The molecule has 1 aliphatic rings. The third-order valence-electron chi connectivity index (χ3n) is 2.27. The highest BCUT2D eigenvalue weighted by Gasteiger charge is 2.31. The summed E-state index contributed by atoms with van der Waals surface area (Å²) in [7, 11) is 0. The van der Waals surface area contributed by atoms with Gasteiger partial charge in [0.05, 0.1) is 5.37 Å². The van der Waals surface area contributed by atoms with Crippen molar-refractivity contribution in [3.05, 3.63) is 35.6 Å². The molecule has 0 saturated carbocycles. The van der Waals surface area contributed by atoms with E-state index >= 15 is 0 Å². The lowest BCUT2D eigenvalue weighted by atomic mass is 10.2. The van der Waals surface area contributed by atoms with E-state index in [2.05, 4.69) is 5.32 Å². The molecule has 1 heterocycles. The molecule has 0 bridgehead atoms. The molecule has 0 aliphatic carbocycles. The van der Waals surface area contributed by atoms with Crippen molar-refractivity contribution in [2.75, 3.05) is 5.75 Å². The highest BCUT2D eigenvalue weighted by atomic mass is 32.2. The minimum absolute atomic E-state index is 0.257. The van der Waals surface area contributed by atoms with Gasteiger partial charge in [0.15, 0.2) is 0 Å². The zero-order valence-corrected chi connectivity index (χ0v) is 8.63. The maximum Gasteiger partial charge on any atom is 0.321 e. The number of hydrogen-bond donors (Lipinski definition) is 2. The fourth-order valence-corrected chi connectivity index (χ4v) is 2.74. The first kappa shape index (κ1) is 10.4. The van der Waals surface area contributed by atoms with Gasteiger partial charge in [0.1, 0.15) is 11.9 Å². The van der Waals surface area contributed by atoms with Gasteiger partial charge >= 0.3 is 5.97 Å². The lowest BCUT2D eigenvalue weighted by molar-refractivity contribution is -0.138. The number of carboxylic acids is 1. The van der Waals surface area contributed by atoms with E-state index in [1.807, 2.05) is 0 Å². The molecule has 1 aromatic carbocycles. The number of rotatable bonds is 2. The van der Waals surface area contributed by atoms with E-state index in [-0.39, 0.29) is 11.2 Å². The molecule has 1 fully saturated rings. The first-order chi connectivity index (χ1) is 7.18. The highest BCUT2D eigenvalue weighted by molar-refractivity contribution is 7.99. The molecular weight excluding hydrogens is 217 g/mol. The van der Waals surface area contributed by atoms with Crippen molar-refractivity contribution in [1.82, 2.24) is 5.32 Å². The van der Waals surface area contributed by atoms with Crippen molar-refractivity contribution in [3.8, 4) is 0 Å². The molecule has 1 aromatic rings. The molecule has 2 N–H and O–H groups in total. The van der Waals surface area contributed by atoms with Gasteiger partial charge in [-0.3, -0.25) is 10.1 Å². The van der Waals surface area contributed by atoms with Crippen LogP contribution in [0.3, 0.4) is 0 Å². The number of hydrogen-bond acceptors (Lipinski definition) is 3. The second-order valence-corrected chi connectivity index (χ2v) is 4.43. The molecule has 15 heavy (non-hydrogen) atoms. The summed E-state index contributed by atoms with van der Waals surface area (Å²) >= 11 is 1.41. The first-order valence-electron chi connectivity index (χ1n) is 4.53. The van der Waals surface area contributed by atoms with Gasteiger partial charge < -0.3 is 5.11 Å². The van der Waals surface area contributed by atoms with Gasteiger partial charge in [-0.15, -0.1) is 11.8 Å². The molecule has 1 unspecified atom stereocenters. The Kier molecular flexibility index (Phi) is 2.93. The van der Waals surface area contributed by atoms with E-state index in [0.29, 0.717) is 11.3 Å². The van der Waals surface area contributed by atoms with E-state index in [1.54, 1.807) is 18.2 Å². The zero-order valence-electron chi connectivity index (χ0n) is 7.81. The molecule has 0 spiro atoms. The monoisotopic (exact) mass is 227 g/mol. The Morgan fingerprint density at radius 1 is 1.53 bits per heavy atom. The minimum Gasteiger partial charge on any atom is -0.480 e. The van der Waals surface area contributed by atoms with Crippen LogP contribution in [-0.4, -0.2) is 22.9 Å². The largest absolute Gasteiger partial charge is 0.480 e. The lowest BCUT2D eigenvalue weighted by Gasteiger charge is -2.11. The number of halogens is 1. The molecule has 2 atom stereocenters. The van der Waals surface area contributed by atoms with Crippen LogP contribution in [-0.2, 0) is 4.79 Å². The molecule has 5 heteroatoms. The molecule has 0 aromatic heterocycles. The Morgan fingerprint density at radius 3 is 2.87 bits per heavy atom. The van der Waals surface area contributed by atoms with Gasteiger partial charge in [-0.05, 0) is 6.07 Å². The third-order valence-corrected chi connectivity index (χ3v) is 3.52. The molecule has 80 valence electrons. The summed E-state index contributed by atoms with van der Waals surface area (Å²) in [5.41, 5.74) is 0.520. The maximum atomic E-state index is 13.4. The summed E-state index contributed by atoms with van der Waals surface area (Å²) in [5.74, 6) is -0.719. The van der Waals surface area contributed by atoms with Crippen LogP contribution in [0.5, 0.6) is 0 Å². The summed E-state index contributed by atoms with van der Waals surface area (Å²) in [4.78, 5) is 10.7. The maximum absolute atomic E-state index is 13.4. The number of thioether (sulfide) groups is 1. The standard InChI is InChI=1S/C10H10FNO2S/c11-7-4-2-1-3-6(7)9-12-8(5-15-9)10(13)14/h1-4,8-9,12H,5H2,(H,13,14)/t8-,9?/m1/s1. The second kappa shape index (κ2) is 4.20. The molecular formula is C10H10FNO2S. The fourth-order valence-electron chi connectivity index (χ4n) is 1.48. The molecule has 2 rings (SSSR count). The van der Waals surface area contributed by atoms with Gasteiger partial charge in [-0.2, -0.15) is 0 Å². The van der Waals surface area contributed by atoms with Crippen LogP contribution in [0.2, 0.25) is 0 Å². The van der Waals surface area contributed by atoms with Crippen LogP contribution in [0.15, 0.2) is 24.3 Å². The highest BCUT2D eigenvalue weighted by Crippen LogP contribution is 2.33. The summed E-state index contributed by atoms with van der Waals surface area (Å²) in [6.45, 7) is 0. The van der Waals surface area contributed by atoms with Crippen molar-refractivity contribution in [2.45, 2.75) is 11.4 Å². The molecule has 0 amide bonds. The predicted octanol–water partition coefficient (Wildman–Crippen LogP) is 1.61. The summed E-state index contributed by atoms with van der Waals surface area (Å²) < 4.78 is 13.4. The van der Waals surface area contributed by atoms with Crippen LogP contribution in [0.25, 0.3) is 0 Å². The Hall–Kier alpha value is -1.07. The molecule has 1 aliphatic heterocycles. The summed E-state index contributed by atoms with van der Waals surface area (Å²) in [5, 5.41) is 11.4. The molecule has 1 saturated heterocycles. The number of nitrogens with one attached hydrogen (secondary N) is 1. The van der Waals surface area contributed by atoms with Gasteiger partial charge in [0.2, 0.25) is 0 Å². The van der Waals surface area contributed by atoms with Crippen molar-refractivity contribution in [2.24, 2.45) is 0 Å². The molecule has 3 nitrogen and oxygen atoms in total. The third kappa shape index (κ3) is 2.13. The Labute approximate surface area is 90.7 Å². The van der Waals surface area contributed by atoms with Crippen molar-refractivity contribution >= 4 is 17.7 Å². The van der Waals surface area contributed by atoms with Crippen LogP contribution < -0.4 is 5.32 Å². The van der Waals surface area contributed by atoms with Crippen molar-refractivity contribution in [1.29, 1.82) is 0 Å². The van der Waals surface area contributed by atoms with Gasteiger partial charge in [0, 0.05) is 11.3 Å². The van der Waals surface area contributed by atoms with E-state index in [4.69, 9.17) is 5.11 Å². The van der Waals surface area contributed by atoms with Crippen LogP contribution in [0, 0.1) is 5.82 Å². The van der Waals surface area contributed by atoms with Gasteiger partial charge in [-0.25, -0.2) is 4.39 Å². The number of carbonyl (C=O) groups is 1. The topological polar surface area (TPSA) is 49.3 Å². The average Bonchev–Trinajstić information content (AvgIpc) is 2.67. The average molecular weight is 227 g/mol. The zero-order chi connectivity index (χ0) is 10.8.